The molecule has 1 aromatic heterocycles. The Kier molecular flexibility index (Phi) is 4.26. The highest BCUT2D eigenvalue weighted by molar-refractivity contribution is 9.10. The Morgan fingerprint density at radius 2 is 1.96 bits per heavy atom. The normalized spacial score (nSPS) is 10.8. The predicted molar refractivity (Wildman–Crippen MR) is 101 cm³/mol. The van der Waals surface area contributed by atoms with E-state index in [0.29, 0.717) is 22.5 Å². The van der Waals surface area contributed by atoms with E-state index in [4.69, 9.17) is 11.5 Å². The van der Waals surface area contributed by atoms with Crippen LogP contribution >= 0.6 is 15.9 Å². The van der Waals surface area contributed by atoms with Gasteiger partial charge in [0.1, 0.15) is 22.8 Å². The van der Waals surface area contributed by atoms with Gasteiger partial charge >= 0.3 is 0 Å². The van der Waals surface area contributed by atoms with E-state index >= 15 is 0 Å². The fourth-order valence-electron chi connectivity index (χ4n) is 2.83. The standard InChI is InChI=1S/C18H17BrN4O2/c1-9-6-7-13(24)10(2)16(9)23-17(20)14(18(21)25)15(22-23)11-4-3-5-12(19)8-11/h3-8,24H,20H2,1-2H3,(H2,21,25). The van der Waals surface area contributed by atoms with Crippen molar-refractivity contribution in [3.05, 3.63) is 57.6 Å². The molecule has 0 atom stereocenters. The summed E-state index contributed by atoms with van der Waals surface area (Å²) >= 11 is 3.41. The number of phenols is 1. The third-order valence-electron chi connectivity index (χ3n) is 4.08. The third kappa shape index (κ3) is 2.87. The number of anilines is 1. The highest BCUT2D eigenvalue weighted by Gasteiger charge is 2.24. The van der Waals surface area contributed by atoms with Crippen molar-refractivity contribution in [1.82, 2.24) is 9.78 Å². The molecule has 0 aliphatic heterocycles. The first-order valence-electron chi connectivity index (χ1n) is 7.55. The zero-order valence-corrected chi connectivity index (χ0v) is 15.3. The minimum atomic E-state index is -0.658. The number of rotatable bonds is 3. The highest BCUT2D eigenvalue weighted by Crippen LogP contribution is 2.34. The number of carbonyl (C=O) groups is 1. The molecule has 0 bridgehead atoms. The van der Waals surface area contributed by atoms with Crippen LogP contribution in [-0.2, 0) is 0 Å². The average Bonchev–Trinajstić information content (AvgIpc) is 2.89. The largest absolute Gasteiger partial charge is 0.508 e. The predicted octanol–water partition coefficient (Wildman–Crippen LogP) is 3.31. The van der Waals surface area contributed by atoms with Crippen molar-refractivity contribution in [2.75, 3.05) is 5.73 Å². The molecule has 25 heavy (non-hydrogen) atoms. The van der Waals surface area contributed by atoms with Gasteiger partial charge in [-0.3, -0.25) is 4.79 Å². The molecule has 0 saturated heterocycles. The van der Waals surface area contributed by atoms with E-state index in [1.54, 1.807) is 19.1 Å². The zero-order valence-electron chi connectivity index (χ0n) is 13.7. The molecule has 0 spiro atoms. The van der Waals surface area contributed by atoms with Crippen LogP contribution in [-0.4, -0.2) is 20.8 Å². The third-order valence-corrected chi connectivity index (χ3v) is 4.57. The van der Waals surface area contributed by atoms with Crippen molar-refractivity contribution in [3.63, 3.8) is 0 Å². The second-order valence-corrected chi connectivity index (χ2v) is 6.69. The van der Waals surface area contributed by atoms with Crippen molar-refractivity contribution in [3.8, 4) is 22.7 Å². The van der Waals surface area contributed by atoms with Crippen LogP contribution in [0, 0.1) is 13.8 Å². The second-order valence-electron chi connectivity index (χ2n) is 5.77. The lowest BCUT2D eigenvalue weighted by Crippen LogP contribution is -2.14. The Labute approximate surface area is 153 Å². The van der Waals surface area contributed by atoms with Crippen LogP contribution in [0.1, 0.15) is 21.5 Å². The van der Waals surface area contributed by atoms with Crippen LogP contribution in [0.5, 0.6) is 5.75 Å². The monoisotopic (exact) mass is 400 g/mol. The van der Waals surface area contributed by atoms with E-state index in [1.165, 1.54) is 4.68 Å². The van der Waals surface area contributed by atoms with E-state index < -0.39 is 5.91 Å². The molecule has 1 heterocycles. The van der Waals surface area contributed by atoms with Crippen molar-refractivity contribution in [2.24, 2.45) is 5.73 Å². The number of hydrogen-bond acceptors (Lipinski definition) is 4. The molecular weight excluding hydrogens is 384 g/mol. The van der Waals surface area contributed by atoms with Gasteiger partial charge < -0.3 is 16.6 Å². The van der Waals surface area contributed by atoms with Crippen LogP contribution < -0.4 is 11.5 Å². The van der Waals surface area contributed by atoms with Gasteiger partial charge in [0.05, 0.1) is 5.69 Å². The number of nitrogens with two attached hydrogens (primary N) is 2. The molecule has 5 N–H and O–H groups in total. The van der Waals surface area contributed by atoms with Crippen molar-refractivity contribution < 1.29 is 9.90 Å². The van der Waals surface area contributed by atoms with Gasteiger partial charge in [0.25, 0.3) is 5.91 Å². The molecule has 3 rings (SSSR count). The number of phenolic OH excluding ortho intramolecular Hbond substituents is 1. The summed E-state index contributed by atoms with van der Waals surface area (Å²) in [6.45, 7) is 3.65. The summed E-state index contributed by atoms with van der Waals surface area (Å²) in [6, 6.07) is 10.7. The summed E-state index contributed by atoms with van der Waals surface area (Å²) < 4.78 is 2.30. The first kappa shape index (κ1) is 17.0. The topological polar surface area (TPSA) is 107 Å². The minimum Gasteiger partial charge on any atom is -0.508 e. The van der Waals surface area contributed by atoms with Gasteiger partial charge in [0.2, 0.25) is 0 Å². The SMILES string of the molecule is Cc1ccc(O)c(C)c1-n1nc(-c2cccc(Br)c2)c(C(N)=O)c1N. The Morgan fingerprint density at radius 1 is 1.24 bits per heavy atom. The highest BCUT2D eigenvalue weighted by atomic mass is 79.9. The number of nitrogen functional groups attached to an aromatic ring is 1. The Morgan fingerprint density at radius 3 is 2.60 bits per heavy atom. The number of carbonyl (C=O) groups excluding carboxylic acids is 1. The van der Waals surface area contributed by atoms with Gasteiger partial charge in [-0.15, -0.1) is 0 Å². The number of aromatic hydroxyl groups is 1. The lowest BCUT2D eigenvalue weighted by atomic mass is 10.1. The molecule has 0 radical (unpaired) electrons. The summed E-state index contributed by atoms with van der Waals surface area (Å²) in [6.07, 6.45) is 0. The molecule has 6 nitrogen and oxygen atoms in total. The van der Waals surface area contributed by atoms with Crippen LogP contribution in [0.25, 0.3) is 16.9 Å². The fraction of sp³-hybridized carbons (Fsp3) is 0.111. The molecule has 0 unspecified atom stereocenters. The summed E-state index contributed by atoms with van der Waals surface area (Å²) in [5.74, 6) is -0.395. The van der Waals surface area contributed by atoms with E-state index in [0.717, 1.165) is 10.0 Å². The Hall–Kier alpha value is -2.80. The number of halogens is 1. The number of aryl methyl sites for hydroxylation is 1. The first-order valence-corrected chi connectivity index (χ1v) is 8.34. The van der Waals surface area contributed by atoms with E-state index in [2.05, 4.69) is 21.0 Å². The van der Waals surface area contributed by atoms with Crippen LogP contribution in [0.3, 0.4) is 0 Å². The average molecular weight is 401 g/mol. The Bertz CT molecular complexity index is 995. The number of primary amides is 1. The fourth-order valence-corrected chi connectivity index (χ4v) is 3.23. The second kappa shape index (κ2) is 6.25. The van der Waals surface area contributed by atoms with Crippen LogP contribution in [0.15, 0.2) is 40.9 Å². The Balaban J connectivity index is 2.34. The van der Waals surface area contributed by atoms with Crippen LogP contribution in [0.2, 0.25) is 0 Å². The molecule has 0 aliphatic rings. The molecule has 2 aromatic carbocycles. The lowest BCUT2D eigenvalue weighted by molar-refractivity contribution is 0.100. The number of hydrogen-bond donors (Lipinski definition) is 3. The quantitative estimate of drug-likeness (QED) is 0.626. The van der Waals surface area contributed by atoms with E-state index in [9.17, 15) is 9.90 Å². The number of aromatic nitrogens is 2. The van der Waals surface area contributed by atoms with Gasteiger partial charge in [-0.2, -0.15) is 5.10 Å². The van der Waals surface area contributed by atoms with E-state index in [1.807, 2.05) is 31.2 Å². The number of nitrogens with zero attached hydrogens (tertiary/aromatic N) is 2. The molecule has 3 aromatic rings. The van der Waals surface area contributed by atoms with Gasteiger partial charge in [-0.1, -0.05) is 34.1 Å². The van der Waals surface area contributed by atoms with Gasteiger partial charge in [-0.25, -0.2) is 4.68 Å². The molecule has 7 heteroatoms. The molecule has 1 amide bonds. The minimum absolute atomic E-state index is 0.125. The summed E-state index contributed by atoms with van der Waals surface area (Å²) in [4.78, 5) is 12.0. The van der Waals surface area contributed by atoms with Crippen LogP contribution in [0.4, 0.5) is 5.82 Å². The molecule has 128 valence electrons. The smallest absolute Gasteiger partial charge is 0.254 e. The summed E-state index contributed by atoms with van der Waals surface area (Å²) in [7, 11) is 0. The molecule has 0 saturated carbocycles. The lowest BCUT2D eigenvalue weighted by Gasteiger charge is -2.12. The van der Waals surface area contributed by atoms with Crippen molar-refractivity contribution >= 4 is 27.7 Å². The van der Waals surface area contributed by atoms with Crippen molar-refractivity contribution in [2.45, 2.75) is 13.8 Å². The summed E-state index contributed by atoms with van der Waals surface area (Å²) in [5.41, 5.74) is 15.1. The van der Waals surface area contributed by atoms with Gasteiger partial charge in [0, 0.05) is 15.6 Å². The first-order chi connectivity index (χ1) is 11.8. The molecular formula is C18H17BrN4O2. The number of amides is 1. The maximum Gasteiger partial charge on any atom is 0.254 e. The zero-order chi connectivity index (χ0) is 18.3. The van der Waals surface area contributed by atoms with Gasteiger partial charge in [-0.05, 0) is 37.6 Å². The van der Waals surface area contributed by atoms with E-state index in [-0.39, 0.29) is 17.1 Å². The molecule has 0 aliphatic carbocycles. The summed E-state index contributed by atoms with van der Waals surface area (Å²) in [5, 5.41) is 14.6. The maximum atomic E-state index is 12.0. The van der Waals surface area contributed by atoms with Gasteiger partial charge in [0.15, 0.2) is 0 Å². The number of benzene rings is 2. The molecule has 0 fully saturated rings. The maximum absolute atomic E-state index is 12.0. The van der Waals surface area contributed by atoms with Crippen molar-refractivity contribution in [1.29, 1.82) is 0 Å².